The maximum absolute atomic E-state index is 12.2. The van der Waals surface area contributed by atoms with E-state index in [0.717, 1.165) is 43.4 Å². The van der Waals surface area contributed by atoms with Crippen LogP contribution < -0.4 is 0 Å². The van der Waals surface area contributed by atoms with Crippen LogP contribution in [0.1, 0.15) is 78.6 Å². The molecule has 0 aromatic carbocycles. The SMILES string of the molecule is CC(=O)[C@H]1CC[C@@H]2[C@H]3CC[C@@H]4CC(=O)CC[C@]4(C)[C@@H]3CC[C@@]12C. The van der Waals surface area contributed by atoms with Gasteiger partial charge in [-0.15, -0.1) is 0 Å². The first-order valence-corrected chi connectivity index (χ1v) is 9.88. The molecule has 7 atom stereocenters. The van der Waals surface area contributed by atoms with Crippen LogP contribution in [0.2, 0.25) is 0 Å². The molecule has 2 heteroatoms. The molecule has 0 amide bonds. The third-order valence-corrected chi connectivity index (χ3v) is 8.97. The van der Waals surface area contributed by atoms with E-state index in [9.17, 15) is 9.59 Å². The quantitative estimate of drug-likeness (QED) is 0.696. The van der Waals surface area contributed by atoms with Gasteiger partial charge in [0.1, 0.15) is 11.6 Å². The number of carbonyl (C=O) groups is 2. The Morgan fingerprint density at radius 1 is 0.957 bits per heavy atom. The standard InChI is InChI=1S/C21H32O2/c1-13(22)17-6-7-18-16-5-4-14-12-15(23)8-10-20(14,2)19(16)9-11-21(17,18)3/h14,16-19H,4-12H2,1-3H3/t14-,16-,17-,18-,19-,20+,21+/m1/s1. The molecule has 0 saturated heterocycles. The van der Waals surface area contributed by atoms with Crippen LogP contribution in [-0.4, -0.2) is 11.6 Å². The second kappa shape index (κ2) is 5.17. The minimum absolute atomic E-state index is 0.265. The maximum Gasteiger partial charge on any atom is 0.133 e. The van der Waals surface area contributed by atoms with Gasteiger partial charge >= 0.3 is 0 Å². The average Bonchev–Trinajstić information content (AvgIpc) is 2.85. The highest BCUT2D eigenvalue weighted by Gasteiger charge is 2.60. The highest BCUT2D eigenvalue weighted by molar-refractivity contribution is 5.80. The third-order valence-electron chi connectivity index (χ3n) is 8.97. The Labute approximate surface area is 140 Å². The van der Waals surface area contributed by atoms with Crippen LogP contribution in [0.15, 0.2) is 0 Å². The molecule has 0 N–H and O–H groups in total. The number of hydrogen-bond acceptors (Lipinski definition) is 2. The number of ketones is 2. The normalized spacial score (nSPS) is 52.5. The van der Waals surface area contributed by atoms with Gasteiger partial charge in [0.15, 0.2) is 0 Å². The van der Waals surface area contributed by atoms with Crippen molar-refractivity contribution in [1.82, 2.24) is 0 Å². The molecule has 0 heterocycles. The van der Waals surface area contributed by atoms with Crippen molar-refractivity contribution in [2.75, 3.05) is 0 Å². The molecule has 2 nitrogen and oxygen atoms in total. The molecule has 4 saturated carbocycles. The van der Waals surface area contributed by atoms with Gasteiger partial charge in [0, 0.05) is 18.8 Å². The largest absolute Gasteiger partial charge is 0.300 e. The summed E-state index contributed by atoms with van der Waals surface area (Å²) in [5, 5.41) is 0. The van der Waals surface area contributed by atoms with E-state index in [-0.39, 0.29) is 5.41 Å². The van der Waals surface area contributed by atoms with Gasteiger partial charge in [-0.25, -0.2) is 0 Å². The summed E-state index contributed by atoms with van der Waals surface area (Å²) in [6, 6.07) is 0. The van der Waals surface area contributed by atoms with Crippen LogP contribution in [0.25, 0.3) is 0 Å². The smallest absolute Gasteiger partial charge is 0.133 e. The first-order chi connectivity index (χ1) is 10.9. The average molecular weight is 316 g/mol. The molecule has 0 aromatic rings. The molecule has 4 aliphatic rings. The van der Waals surface area contributed by atoms with Crippen molar-refractivity contribution in [3.05, 3.63) is 0 Å². The van der Waals surface area contributed by atoms with Gasteiger partial charge in [-0.1, -0.05) is 13.8 Å². The van der Waals surface area contributed by atoms with E-state index >= 15 is 0 Å². The third kappa shape index (κ3) is 2.12. The zero-order valence-electron chi connectivity index (χ0n) is 15.1. The van der Waals surface area contributed by atoms with Crippen molar-refractivity contribution in [2.24, 2.45) is 40.4 Å². The van der Waals surface area contributed by atoms with E-state index in [4.69, 9.17) is 0 Å². The lowest BCUT2D eigenvalue weighted by Crippen LogP contribution is -2.53. The first-order valence-electron chi connectivity index (χ1n) is 9.88. The summed E-state index contributed by atoms with van der Waals surface area (Å²) in [5.41, 5.74) is 0.660. The molecule has 0 aliphatic heterocycles. The molecular formula is C21H32O2. The molecule has 4 aliphatic carbocycles. The molecule has 0 bridgehead atoms. The van der Waals surface area contributed by atoms with Gasteiger partial charge in [-0.05, 0) is 86.4 Å². The number of Topliss-reactive ketones (excluding diaryl/α,β-unsaturated/α-hetero) is 2. The van der Waals surface area contributed by atoms with E-state index in [2.05, 4.69) is 13.8 Å². The summed E-state index contributed by atoms with van der Waals surface area (Å²) in [5.74, 6) is 4.25. The molecule has 4 fully saturated rings. The second-order valence-corrected chi connectivity index (χ2v) is 9.68. The van der Waals surface area contributed by atoms with Crippen molar-refractivity contribution in [2.45, 2.75) is 78.6 Å². The highest BCUT2D eigenvalue weighted by atomic mass is 16.1. The lowest BCUT2D eigenvalue weighted by atomic mass is 9.44. The number of fused-ring (bicyclic) bond motifs is 5. The monoisotopic (exact) mass is 316 g/mol. The molecule has 0 unspecified atom stereocenters. The fourth-order valence-electron chi connectivity index (χ4n) is 7.71. The van der Waals surface area contributed by atoms with E-state index < -0.39 is 0 Å². The minimum atomic E-state index is 0.265. The molecule has 128 valence electrons. The van der Waals surface area contributed by atoms with Crippen LogP contribution in [0.3, 0.4) is 0 Å². The molecule has 23 heavy (non-hydrogen) atoms. The second-order valence-electron chi connectivity index (χ2n) is 9.68. The van der Waals surface area contributed by atoms with Gasteiger partial charge in [0.2, 0.25) is 0 Å². The van der Waals surface area contributed by atoms with Crippen molar-refractivity contribution in [3.8, 4) is 0 Å². The summed E-state index contributed by atoms with van der Waals surface area (Å²) >= 11 is 0. The van der Waals surface area contributed by atoms with Gasteiger partial charge in [-0.3, -0.25) is 9.59 Å². The number of carbonyl (C=O) groups excluding carboxylic acids is 2. The Hall–Kier alpha value is -0.660. The topological polar surface area (TPSA) is 34.1 Å². The zero-order valence-corrected chi connectivity index (χ0v) is 15.1. The van der Waals surface area contributed by atoms with Gasteiger partial charge in [-0.2, -0.15) is 0 Å². The molecule has 0 aromatic heterocycles. The van der Waals surface area contributed by atoms with Crippen LogP contribution in [0.4, 0.5) is 0 Å². The molecule has 0 spiro atoms. The minimum Gasteiger partial charge on any atom is -0.300 e. The van der Waals surface area contributed by atoms with Crippen molar-refractivity contribution in [3.63, 3.8) is 0 Å². The van der Waals surface area contributed by atoms with Crippen LogP contribution >= 0.6 is 0 Å². The molecular weight excluding hydrogens is 284 g/mol. The van der Waals surface area contributed by atoms with Crippen LogP contribution in [-0.2, 0) is 9.59 Å². The molecule has 0 radical (unpaired) electrons. The lowest BCUT2D eigenvalue weighted by Gasteiger charge is -2.60. The van der Waals surface area contributed by atoms with Crippen LogP contribution in [0.5, 0.6) is 0 Å². The van der Waals surface area contributed by atoms with Crippen molar-refractivity contribution >= 4 is 11.6 Å². The number of hydrogen-bond donors (Lipinski definition) is 0. The van der Waals surface area contributed by atoms with E-state index in [1.165, 1.54) is 32.1 Å². The zero-order chi connectivity index (χ0) is 16.4. The van der Waals surface area contributed by atoms with Gasteiger partial charge < -0.3 is 0 Å². The Bertz CT molecular complexity index is 538. The summed E-state index contributed by atoms with van der Waals surface area (Å²) in [6.45, 7) is 6.74. The number of rotatable bonds is 1. The van der Waals surface area contributed by atoms with Crippen molar-refractivity contribution in [1.29, 1.82) is 0 Å². The summed E-state index contributed by atoms with van der Waals surface area (Å²) < 4.78 is 0. The Kier molecular flexibility index (Phi) is 3.56. The van der Waals surface area contributed by atoms with E-state index in [0.29, 0.717) is 28.8 Å². The Morgan fingerprint density at radius 2 is 1.70 bits per heavy atom. The fraction of sp³-hybridized carbons (Fsp3) is 0.905. The van der Waals surface area contributed by atoms with E-state index in [1.807, 2.05) is 6.92 Å². The molecule has 4 rings (SSSR count). The first kappa shape index (κ1) is 15.8. The summed E-state index contributed by atoms with van der Waals surface area (Å²) in [4.78, 5) is 24.1. The summed E-state index contributed by atoms with van der Waals surface area (Å²) in [7, 11) is 0. The highest BCUT2D eigenvalue weighted by Crippen LogP contribution is 2.67. The Balaban J connectivity index is 1.63. The summed E-state index contributed by atoms with van der Waals surface area (Å²) in [6.07, 6.45) is 10.3. The van der Waals surface area contributed by atoms with Gasteiger partial charge in [0.25, 0.3) is 0 Å². The predicted molar refractivity (Wildman–Crippen MR) is 90.9 cm³/mol. The van der Waals surface area contributed by atoms with Crippen LogP contribution in [0, 0.1) is 40.4 Å². The predicted octanol–water partition coefficient (Wildman–Crippen LogP) is 4.80. The fourth-order valence-corrected chi connectivity index (χ4v) is 7.71. The lowest BCUT2D eigenvalue weighted by molar-refractivity contribution is -0.143. The van der Waals surface area contributed by atoms with E-state index in [1.54, 1.807) is 0 Å². The van der Waals surface area contributed by atoms with Gasteiger partial charge in [0.05, 0.1) is 0 Å². The maximum atomic E-state index is 12.2. The Morgan fingerprint density at radius 3 is 2.43 bits per heavy atom. The van der Waals surface area contributed by atoms with Crippen molar-refractivity contribution < 1.29 is 9.59 Å².